The smallest absolute Gasteiger partial charge is 0.327 e. The zero-order valence-electron chi connectivity index (χ0n) is 9.09. The molecule has 1 unspecified atom stereocenters. The van der Waals surface area contributed by atoms with Gasteiger partial charge in [-0.15, -0.1) is 0 Å². The molecule has 0 aromatic rings. The number of hydrogen-bond acceptors (Lipinski definition) is 7. The Hall–Kier alpha value is -1.26. The van der Waals surface area contributed by atoms with Gasteiger partial charge in [0.05, 0.1) is 0 Å². The van der Waals surface area contributed by atoms with E-state index in [9.17, 15) is 19.2 Å². The predicted molar refractivity (Wildman–Crippen MR) is 65.9 cm³/mol. The van der Waals surface area contributed by atoms with Gasteiger partial charge < -0.3 is 15.9 Å². The van der Waals surface area contributed by atoms with Crippen LogP contribution in [-0.2, 0) is 19.2 Å². The molecule has 4 N–H and O–H groups in total. The molecule has 0 aromatic heterocycles. The van der Waals surface area contributed by atoms with Crippen LogP contribution in [0.5, 0.6) is 0 Å². The number of carboxylic acid groups (broad SMARTS) is 2. The van der Waals surface area contributed by atoms with Gasteiger partial charge in [-0.2, -0.15) is 0 Å². The summed E-state index contributed by atoms with van der Waals surface area (Å²) in [6.45, 7) is 0. The summed E-state index contributed by atoms with van der Waals surface area (Å²) >= 11 is 0. The van der Waals surface area contributed by atoms with E-state index in [4.69, 9.17) is 15.9 Å². The molecule has 0 rings (SSSR count). The van der Waals surface area contributed by atoms with Crippen LogP contribution in [0.15, 0.2) is 0 Å². The molecule has 0 fully saturated rings. The molecule has 102 valence electrons. The molecule has 0 aliphatic rings. The first-order valence-corrected chi connectivity index (χ1v) is 7.06. The van der Waals surface area contributed by atoms with Crippen molar-refractivity contribution in [3.8, 4) is 0 Å². The molecule has 0 aliphatic carbocycles. The Bertz CT molecular complexity index is 319. The fourth-order valence-electron chi connectivity index (χ4n) is 0.762. The van der Waals surface area contributed by atoms with Crippen molar-refractivity contribution in [1.29, 1.82) is 0 Å². The van der Waals surface area contributed by atoms with Gasteiger partial charge in [-0.25, -0.2) is 4.79 Å². The molecular formula is C8H12N2O6S2. The lowest BCUT2D eigenvalue weighted by atomic mass is 10.3. The molecule has 0 saturated carbocycles. The minimum Gasteiger partial charge on any atom is -0.480 e. The van der Waals surface area contributed by atoms with Crippen molar-refractivity contribution in [2.45, 2.75) is 12.1 Å². The predicted octanol–water partition coefficient (Wildman–Crippen LogP) is -1.15. The largest absolute Gasteiger partial charge is 0.480 e. The van der Waals surface area contributed by atoms with Crippen molar-refractivity contribution in [2.75, 3.05) is 11.5 Å². The number of imide groups is 1. The Morgan fingerprint density at radius 2 is 1.61 bits per heavy atom. The van der Waals surface area contributed by atoms with Crippen molar-refractivity contribution in [3.05, 3.63) is 0 Å². The van der Waals surface area contributed by atoms with Gasteiger partial charge in [-0.1, -0.05) is 21.6 Å². The first-order chi connectivity index (χ1) is 8.43. The summed E-state index contributed by atoms with van der Waals surface area (Å²) in [5.41, 5.74) is 5.23. The Morgan fingerprint density at radius 3 is 2.00 bits per heavy atom. The molecule has 2 atom stereocenters. The number of carbonyl (C=O) groups excluding carboxylic acids is 2. The monoisotopic (exact) mass is 296 g/mol. The third kappa shape index (κ3) is 5.89. The first kappa shape index (κ1) is 16.7. The lowest BCUT2D eigenvalue weighted by molar-refractivity contribution is -0.148. The van der Waals surface area contributed by atoms with Crippen LogP contribution in [-0.4, -0.2) is 63.5 Å². The summed E-state index contributed by atoms with van der Waals surface area (Å²) < 4.78 is 0. The number of aliphatic carboxylic acids is 2. The van der Waals surface area contributed by atoms with Crippen LogP contribution in [0.2, 0.25) is 0 Å². The van der Waals surface area contributed by atoms with E-state index in [1.54, 1.807) is 0 Å². The van der Waals surface area contributed by atoms with E-state index < -0.39 is 24.0 Å². The standard InChI is InChI=1S/C8H12N2O6S2/c9-5(7(13)14)1-17-18-2-6(8(15)16)10(3-11)4-12/h3-6H,1-2,9H2,(H,13,14)(H,15,16)/t5?,6-/m0/s1. The lowest BCUT2D eigenvalue weighted by Crippen LogP contribution is -2.41. The molecule has 0 bridgehead atoms. The van der Waals surface area contributed by atoms with Crippen molar-refractivity contribution in [2.24, 2.45) is 5.73 Å². The summed E-state index contributed by atoms with van der Waals surface area (Å²) in [6.07, 6.45) is 0.250. The SMILES string of the molecule is NC(CSSC[C@@H](C(=O)O)N(C=O)C=O)C(=O)O. The van der Waals surface area contributed by atoms with Crippen LogP contribution < -0.4 is 5.73 Å². The fraction of sp³-hybridized carbons (Fsp3) is 0.500. The average molecular weight is 296 g/mol. The maximum atomic E-state index is 10.8. The van der Waals surface area contributed by atoms with E-state index in [1.165, 1.54) is 0 Å². The van der Waals surface area contributed by atoms with Crippen LogP contribution in [0, 0.1) is 0 Å². The summed E-state index contributed by atoms with van der Waals surface area (Å²) in [7, 11) is 2.09. The molecule has 8 nitrogen and oxygen atoms in total. The third-order valence-electron chi connectivity index (χ3n) is 1.76. The van der Waals surface area contributed by atoms with Crippen molar-refractivity contribution < 1.29 is 29.4 Å². The average Bonchev–Trinajstić information content (AvgIpc) is 2.32. The highest BCUT2D eigenvalue weighted by molar-refractivity contribution is 8.76. The van der Waals surface area contributed by atoms with Gasteiger partial charge in [0.1, 0.15) is 12.1 Å². The van der Waals surface area contributed by atoms with Crippen LogP contribution in [0.3, 0.4) is 0 Å². The Kier molecular flexibility index (Phi) is 8.16. The second-order valence-electron chi connectivity index (χ2n) is 3.03. The van der Waals surface area contributed by atoms with Gasteiger partial charge in [-0.3, -0.25) is 19.3 Å². The zero-order valence-corrected chi connectivity index (χ0v) is 10.7. The van der Waals surface area contributed by atoms with E-state index in [-0.39, 0.29) is 24.3 Å². The molecule has 10 heteroatoms. The molecule has 0 spiro atoms. The van der Waals surface area contributed by atoms with Crippen LogP contribution in [0.1, 0.15) is 0 Å². The second-order valence-corrected chi connectivity index (χ2v) is 5.58. The summed E-state index contributed by atoms with van der Waals surface area (Å²) in [6, 6.07) is -2.32. The van der Waals surface area contributed by atoms with Crippen molar-refractivity contribution in [3.63, 3.8) is 0 Å². The van der Waals surface area contributed by atoms with E-state index in [2.05, 4.69) is 0 Å². The molecular weight excluding hydrogens is 284 g/mol. The normalized spacial score (nSPS) is 13.4. The number of carboxylic acids is 2. The highest BCUT2D eigenvalue weighted by Crippen LogP contribution is 2.23. The molecule has 0 saturated heterocycles. The molecule has 0 radical (unpaired) electrons. The topological polar surface area (TPSA) is 138 Å². The van der Waals surface area contributed by atoms with E-state index in [0.717, 1.165) is 21.6 Å². The van der Waals surface area contributed by atoms with Gasteiger partial charge in [-0.05, 0) is 0 Å². The number of rotatable bonds is 10. The molecule has 2 amide bonds. The highest BCUT2D eigenvalue weighted by atomic mass is 33.1. The van der Waals surface area contributed by atoms with Crippen molar-refractivity contribution >= 4 is 46.3 Å². The summed E-state index contributed by atoms with van der Waals surface area (Å²) in [4.78, 5) is 42.5. The van der Waals surface area contributed by atoms with Crippen LogP contribution in [0.4, 0.5) is 0 Å². The molecule has 18 heavy (non-hydrogen) atoms. The minimum atomic E-state index is -1.31. The minimum absolute atomic E-state index is 0.0518. The van der Waals surface area contributed by atoms with Crippen LogP contribution >= 0.6 is 21.6 Å². The van der Waals surface area contributed by atoms with E-state index in [0.29, 0.717) is 4.90 Å². The molecule has 0 heterocycles. The number of amides is 2. The maximum absolute atomic E-state index is 10.8. The van der Waals surface area contributed by atoms with Gasteiger partial charge in [0.2, 0.25) is 12.8 Å². The van der Waals surface area contributed by atoms with E-state index in [1.807, 2.05) is 0 Å². The summed E-state index contributed by atoms with van der Waals surface area (Å²) in [5, 5.41) is 17.3. The fourth-order valence-corrected chi connectivity index (χ4v) is 3.09. The Balaban J connectivity index is 4.13. The van der Waals surface area contributed by atoms with Gasteiger partial charge in [0.15, 0.2) is 0 Å². The maximum Gasteiger partial charge on any atom is 0.327 e. The first-order valence-electron chi connectivity index (χ1n) is 4.57. The number of nitrogens with zero attached hydrogens (tertiary/aromatic N) is 1. The second kappa shape index (κ2) is 8.78. The number of carbonyl (C=O) groups is 4. The Morgan fingerprint density at radius 1 is 1.11 bits per heavy atom. The van der Waals surface area contributed by atoms with Crippen LogP contribution in [0.25, 0.3) is 0 Å². The van der Waals surface area contributed by atoms with Gasteiger partial charge in [0.25, 0.3) is 0 Å². The molecule has 0 aromatic carbocycles. The molecule has 0 aliphatic heterocycles. The zero-order chi connectivity index (χ0) is 14.1. The summed E-state index contributed by atoms with van der Waals surface area (Å²) in [5.74, 6) is -2.43. The Labute approximate surface area is 110 Å². The lowest BCUT2D eigenvalue weighted by Gasteiger charge is -2.18. The highest BCUT2D eigenvalue weighted by Gasteiger charge is 2.24. The third-order valence-corrected chi connectivity index (χ3v) is 4.19. The van der Waals surface area contributed by atoms with Gasteiger partial charge in [0, 0.05) is 11.5 Å². The quantitative estimate of drug-likeness (QED) is 0.259. The number of nitrogens with two attached hydrogens (primary N) is 1. The van der Waals surface area contributed by atoms with Crippen molar-refractivity contribution in [1.82, 2.24) is 4.90 Å². The number of hydrogen-bond donors (Lipinski definition) is 3. The van der Waals surface area contributed by atoms with E-state index >= 15 is 0 Å². The van der Waals surface area contributed by atoms with Gasteiger partial charge >= 0.3 is 11.9 Å².